The van der Waals surface area contributed by atoms with Gasteiger partial charge in [0, 0.05) is 0 Å². The lowest BCUT2D eigenvalue weighted by atomic mass is 10.1. The molecule has 0 radical (unpaired) electrons. The van der Waals surface area contributed by atoms with Gasteiger partial charge in [-0.25, -0.2) is 9.97 Å². The minimum Gasteiger partial charge on any atom is -0.387 e. The number of rotatable bonds is 2. The molecule has 0 amide bonds. The number of aromatic amines is 1. The van der Waals surface area contributed by atoms with Crippen molar-refractivity contribution < 1.29 is 25.2 Å². The van der Waals surface area contributed by atoms with E-state index in [1.54, 1.807) is 0 Å². The maximum Gasteiger partial charge on any atom is 0.278 e. The van der Waals surface area contributed by atoms with Crippen molar-refractivity contribution in [3.8, 4) is 0 Å². The van der Waals surface area contributed by atoms with Crippen LogP contribution in [0, 0.1) is 0 Å². The summed E-state index contributed by atoms with van der Waals surface area (Å²) in [6, 6.07) is 0. The highest BCUT2D eigenvalue weighted by Crippen LogP contribution is 2.31. The number of imidazole rings is 1. The van der Waals surface area contributed by atoms with Crippen LogP contribution in [0.4, 0.5) is 0 Å². The minimum absolute atomic E-state index is 0.0470. The smallest absolute Gasteiger partial charge is 0.278 e. The van der Waals surface area contributed by atoms with Gasteiger partial charge >= 0.3 is 0 Å². The fourth-order valence-corrected chi connectivity index (χ4v) is 2.21. The number of aromatic nitrogens is 4. The van der Waals surface area contributed by atoms with Crippen LogP contribution in [0.2, 0.25) is 0 Å². The lowest BCUT2D eigenvalue weighted by Gasteiger charge is -2.16. The zero-order chi connectivity index (χ0) is 14.4. The molecule has 3 heterocycles. The third kappa shape index (κ3) is 1.82. The van der Waals surface area contributed by atoms with Crippen molar-refractivity contribution in [2.45, 2.75) is 30.8 Å². The number of nitrogens with one attached hydrogen (secondary N) is 1. The van der Waals surface area contributed by atoms with Gasteiger partial charge in [-0.3, -0.25) is 9.36 Å². The van der Waals surface area contributed by atoms with Crippen LogP contribution in [0.15, 0.2) is 17.4 Å². The molecular formula is C10H12N4O6. The minimum atomic E-state index is -1.95. The first-order valence-corrected chi connectivity index (χ1v) is 5.78. The predicted molar refractivity (Wildman–Crippen MR) is 62.3 cm³/mol. The SMILES string of the molecule is O=c1[nH]cnc2c1ncn2[C@@H]1O[C@H](C(O)O)[C@@H](O)[C@H]1O. The van der Waals surface area contributed by atoms with Gasteiger partial charge in [-0.1, -0.05) is 0 Å². The fourth-order valence-electron chi connectivity index (χ4n) is 2.21. The molecule has 5 N–H and O–H groups in total. The first kappa shape index (κ1) is 13.1. The summed E-state index contributed by atoms with van der Waals surface area (Å²) in [5, 5.41) is 37.8. The van der Waals surface area contributed by atoms with E-state index in [-0.39, 0.29) is 11.2 Å². The summed E-state index contributed by atoms with van der Waals surface area (Å²) in [5.74, 6) is 0. The van der Waals surface area contributed by atoms with Crippen LogP contribution in [0.3, 0.4) is 0 Å². The second kappa shape index (κ2) is 4.61. The first-order chi connectivity index (χ1) is 9.50. The van der Waals surface area contributed by atoms with Gasteiger partial charge in [-0.05, 0) is 0 Å². The first-order valence-electron chi connectivity index (χ1n) is 5.78. The average molecular weight is 284 g/mol. The Hall–Kier alpha value is -1.85. The van der Waals surface area contributed by atoms with E-state index >= 15 is 0 Å². The molecule has 0 saturated carbocycles. The molecule has 3 rings (SSSR count). The summed E-state index contributed by atoms with van der Waals surface area (Å²) in [6.45, 7) is 0. The number of nitrogens with zero attached hydrogens (tertiary/aromatic N) is 3. The van der Waals surface area contributed by atoms with Gasteiger partial charge in [-0.15, -0.1) is 0 Å². The van der Waals surface area contributed by atoms with Gasteiger partial charge in [0.15, 0.2) is 23.7 Å². The highest BCUT2D eigenvalue weighted by atomic mass is 16.6. The Morgan fingerprint density at radius 1 is 1.30 bits per heavy atom. The Labute approximate surface area is 110 Å². The molecule has 0 bridgehead atoms. The van der Waals surface area contributed by atoms with E-state index in [2.05, 4.69) is 15.0 Å². The third-order valence-electron chi connectivity index (χ3n) is 3.21. The molecule has 108 valence electrons. The third-order valence-corrected chi connectivity index (χ3v) is 3.21. The van der Waals surface area contributed by atoms with Crippen molar-refractivity contribution in [3.63, 3.8) is 0 Å². The highest BCUT2D eigenvalue weighted by Gasteiger charge is 2.47. The van der Waals surface area contributed by atoms with Crippen LogP contribution in [0.5, 0.6) is 0 Å². The molecule has 1 aliphatic rings. The summed E-state index contributed by atoms with van der Waals surface area (Å²) in [4.78, 5) is 21.6. The fraction of sp³-hybridized carbons (Fsp3) is 0.500. The molecule has 10 heteroatoms. The molecule has 0 spiro atoms. The summed E-state index contributed by atoms with van der Waals surface area (Å²) < 4.78 is 6.46. The Morgan fingerprint density at radius 2 is 2.05 bits per heavy atom. The van der Waals surface area contributed by atoms with Gasteiger partial charge in [0.1, 0.15) is 18.3 Å². The number of aliphatic hydroxyl groups is 4. The van der Waals surface area contributed by atoms with Crippen LogP contribution in [-0.4, -0.2) is 64.5 Å². The largest absolute Gasteiger partial charge is 0.387 e. The maximum absolute atomic E-state index is 11.5. The Bertz CT molecular complexity index is 682. The maximum atomic E-state index is 11.5. The molecule has 4 atom stereocenters. The van der Waals surface area contributed by atoms with Gasteiger partial charge in [0.25, 0.3) is 5.56 Å². The van der Waals surface area contributed by atoms with E-state index < -0.39 is 36.4 Å². The molecule has 1 aliphatic heterocycles. The van der Waals surface area contributed by atoms with Crippen molar-refractivity contribution in [1.82, 2.24) is 19.5 Å². The lowest BCUT2D eigenvalue weighted by molar-refractivity contribution is -0.167. The van der Waals surface area contributed by atoms with Gasteiger partial charge < -0.3 is 30.1 Å². The van der Waals surface area contributed by atoms with Crippen LogP contribution < -0.4 is 5.56 Å². The van der Waals surface area contributed by atoms with Gasteiger partial charge in [-0.2, -0.15) is 0 Å². The molecule has 1 saturated heterocycles. The van der Waals surface area contributed by atoms with E-state index in [4.69, 9.17) is 14.9 Å². The van der Waals surface area contributed by atoms with Crippen molar-refractivity contribution in [1.29, 1.82) is 0 Å². The quantitative estimate of drug-likeness (QED) is 0.367. The Balaban J connectivity index is 2.04. The zero-order valence-electron chi connectivity index (χ0n) is 9.99. The predicted octanol–water partition coefficient (Wildman–Crippen LogP) is -2.95. The second-order valence-corrected chi connectivity index (χ2v) is 4.44. The molecule has 0 aromatic carbocycles. The summed E-state index contributed by atoms with van der Waals surface area (Å²) in [7, 11) is 0. The van der Waals surface area contributed by atoms with Crippen molar-refractivity contribution >= 4 is 11.2 Å². The van der Waals surface area contributed by atoms with Crippen molar-refractivity contribution in [2.24, 2.45) is 0 Å². The van der Waals surface area contributed by atoms with Crippen LogP contribution in [0.1, 0.15) is 6.23 Å². The number of fused-ring (bicyclic) bond motifs is 1. The molecule has 2 aromatic heterocycles. The lowest BCUT2D eigenvalue weighted by Crippen LogP contribution is -2.38. The van der Waals surface area contributed by atoms with Crippen molar-refractivity contribution in [3.05, 3.63) is 23.0 Å². The van der Waals surface area contributed by atoms with Crippen LogP contribution >= 0.6 is 0 Å². The number of hydrogen-bond donors (Lipinski definition) is 5. The molecule has 10 nitrogen and oxygen atoms in total. The number of ether oxygens (including phenoxy) is 1. The van der Waals surface area contributed by atoms with Crippen molar-refractivity contribution in [2.75, 3.05) is 0 Å². The van der Waals surface area contributed by atoms with E-state index in [0.717, 1.165) is 0 Å². The van der Waals surface area contributed by atoms with Crippen LogP contribution in [0.25, 0.3) is 11.2 Å². The monoisotopic (exact) mass is 284 g/mol. The van der Waals surface area contributed by atoms with Gasteiger partial charge in [0.2, 0.25) is 0 Å². The number of aliphatic hydroxyl groups excluding tert-OH is 3. The topological polar surface area (TPSA) is 154 Å². The molecular weight excluding hydrogens is 272 g/mol. The summed E-state index contributed by atoms with van der Waals surface area (Å²) >= 11 is 0. The summed E-state index contributed by atoms with van der Waals surface area (Å²) in [6.07, 6.45) is -4.96. The van der Waals surface area contributed by atoms with Gasteiger partial charge in [0.05, 0.1) is 12.7 Å². The molecule has 20 heavy (non-hydrogen) atoms. The normalized spacial score (nSPS) is 30.4. The van der Waals surface area contributed by atoms with E-state index in [1.807, 2.05) is 0 Å². The Kier molecular flexibility index (Phi) is 3.03. The molecule has 1 fully saturated rings. The highest BCUT2D eigenvalue weighted by molar-refractivity contribution is 5.68. The average Bonchev–Trinajstić information content (AvgIpc) is 2.94. The number of H-pyrrole nitrogens is 1. The Morgan fingerprint density at radius 3 is 2.70 bits per heavy atom. The molecule has 2 aromatic rings. The number of hydrogen-bond acceptors (Lipinski definition) is 8. The van der Waals surface area contributed by atoms with E-state index in [9.17, 15) is 15.0 Å². The zero-order valence-corrected chi connectivity index (χ0v) is 9.99. The second-order valence-electron chi connectivity index (χ2n) is 4.44. The molecule has 0 aliphatic carbocycles. The van der Waals surface area contributed by atoms with E-state index in [0.29, 0.717) is 0 Å². The van der Waals surface area contributed by atoms with E-state index in [1.165, 1.54) is 17.2 Å². The van der Waals surface area contributed by atoms with Crippen LogP contribution in [-0.2, 0) is 4.74 Å². The summed E-state index contributed by atoms with van der Waals surface area (Å²) in [5.41, 5.74) is -0.260. The molecule has 0 unspecified atom stereocenters. The standard InChI is InChI=1S/C10H12N4O6/c15-4-5(16)9(20-6(4)10(18)19)14-2-13-3-7(14)11-1-12-8(3)17/h1-2,4-6,9-10,15-16,18-19H,(H,11,12,17)/t4-,5+,6-,9+/m0/s1.